The standard InChI is InChI=1S/C18H38O11P2/c1-15(2)28-31(23,24)27-14-17-18(16(20)13-25-17)29-30(21,22)26-12-10-8-6-4-3-5-7-9-11-19/h15-20H,3-14H2,1-2H3,(H,21,22)(H,23,24)/p-2/t16-,17+,18-/m0/s1. The Balaban J connectivity index is 2.30. The summed E-state index contributed by atoms with van der Waals surface area (Å²) in [4.78, 5) is 23.7. The smallest absolute Gasteiger partial charge is 0.268 e. The van der Waals surface area contributed by atoms with Gasteiger partial charge in [0.15, 0.2) is 0 Å². The van der Waals surface area contributed by atoms with Gasteiger partial charge >= 0.3 is 0 Å². The second-order valence-corrected chi connectivity index (χ2v) is 10.5. The monoisotopic (exact) mass is 490 g/mol. The van der Waals surface area contributed by atoms with Crippen molar-refractivity contribution in [3.05, 3.63) is 0 Å². The molecule has 1 heterocycles. The van der Waals surface area contributed by atoms with E-state index in [1.54, 1.807) is 0 Å². The Kier molecular flexibility index (Phi) is 14.2. The van der Waals surface area contributed by atoms with E-state index in [4.69, 9.17) is 23.4 Å². The van der Waals surface area contributed by atoms with Crippen LogP contribution in [0.1, 0.15) is 65.2 Å². The number of hydrogen-bond acceptors (Lipinski definition) is 11. The summed E-state index contributed by atoms with van der Waals surface area (Å²) in [7, 11) is -9.32. The molecule has 2 N–H and O–H groups in total. The van der Waals surface area contributed by atoms with E-state index in [9.17, 15) is 24.0 Å². The average Bonchev–Trinajstić information content (AvgIpc) is 3.00. The molecule has 1 fully saturated rings. The number of aliphatic hydroxyl groups excluding tert-OH is 2. The molecule has 1 rings (SSSR count). The first-order valence-electron chi connectivity index (χ1n) is 10.7. The highest BCUT2D eigenvalue weighted by molar-refractivity contribution is 7.46. The van der Waals surface area contributed by atoms with Crippen molar-refractivity contribution in [3.8, 4) is 0 Å². The fourth-order valence-electron chi connectivity index (χ4n) is 3.02. The van der Waals surface area contributed by atoms with Gasteiger partial charge in [0.05, 0.1) is 25.9 Å². The van der Waals surface area contributed by atoms with E-state index >= 15 is 0 Å². The van der Waals surface area contributed by atoms with Gasteiger partial charge in [-0.25, -0.2) is 0 Å². The summed E-state index contributed by atoms with van der Waals surface area (Å²) in [6.07, 6.45) is 2.95. The van der Waals surface area contributed by atoms with Gasteiger partial charge in [0.25, 0.3) is 15.6 Å². The summed E-state index contributed by atoms with van der Waals surface area (Å²) in [6.45, 7) is 2.41. The average molecular weight is 490 g/mol. The summed E-state index contributed by atoms with van der Waals surface area (Å²) in [5, 5.41) is 18.6. The molecule has 0 amide bonds. The Labute approximate surface area is 184 Å². The Hall–Kier alpha value is 0.1000. The number of phosphoric acid groups is 2. The first kappa shape index (κ1) is 29.1. The van der Waals surface area contributed by atoms with Crippen LogP contribution in [-0.4, -0.2) is 61.1 Å². The van der Waals surface area contributed by atoms with Crippen LogP contribution in [-0.2, 0) is 32.0 Å². The van der Waals surface area contributed by atoms with Crippen molar-refractivity contribution < 1.29 is 52.0 Å². The summed E-state index contributed by atoms with van der Waals surface area (Å²) >= 11 is 0. The van der Waals surface area contributed by atoms with Crippen LogP contribution in [0.5, 0.6) is 0 Å². The fraction of sp³-hybridized carbons (Fsp3) is 1.00. The van der Waals surface area contributed by atoms with Crippen LogP contribution in [0.3, 0.4) is 0 Å². The lowest BCUT2D eigenvalue weighted by atomic mass is 10.1. The Morgan fingerprint density at radius 1 is 0.968 bits per heavy atom. The van der Waals surface area contributed by atoms with E-state index in [1.165, 1.54) is 13.8 Å². The summed E-state index contributed by atoms with van der Waals surface area (Å²) < 4.78 is 48.0. The zero-order valence-electron chi connectivity index (χ0n) is 18.3. The van der Waals surface area contributed by atoms with E-state index in [0.29, 0.717) is 6.42 Å². The van der Waals surface area contributed by atoms with Crippen LogP contribution in [0, 0.1) is 0 Å². The van der Waals surface area contributed by atoms with Crippen molar-refractivity contribution >= 4 is 15.6 Å². The number of hydrogen-bond donors (Lipinski definition) is 2. The molecule has 31 heavy (non-hydrogen) atoms. The molecule has 0 aromatic heterocycles. The summed E-state index contributed by atoms with van der Waals surface area (Å²) in [5.41, 5.74) is 0. The normalized spacial score (nSPS) is 25.6. The number of rotatable bonds is 18. The molecule has 0 aliphatic carbocycles. The third-order valence-electron chi connectivity index (χ3n) is 4.52. The topological polar surface area (TPSA) is 167 Å². The Morgan fingerprint density at radius 2 is 1.55 bits per heavy atom. The summed E-state index contributed by atoms with van der Waals surface area (Å²) in [6, 6.07) is 0. The molecule has 1 saturated heterocycles. The highest BCUT2D eigenvalue weighted by atomic mass is 31.2. The van der Waals surface area contributed by atoms with Gasteiger partial charge in [-0.3, -0.25) is 9.13 Å². The van der Waals surface area contributed by atoms with Crippen LogP contribution in [0.4, 0.5) is 0 Å². The SMILES string of the molecule is CC(C)OP(=O)([O-])OC[C@H]1OC[C@H](O)[C@@H]1OP(=O)([O-])OCCCCCCCCCCO. The minimum Gasteiger partial charge on any atom is -0.756 e. The van der Waals surface area contributed by atoms with Gasteiger partial charge in [0, 0.05) is 6.61 Å². The van der Waals surface area contributed by atoms with Crippen LogP contribution < -0.4 is 9.79 Å². The molecule has 5 atom stereocenters. The third-order valence-corrected chi connectivity index (χ3v) is 6.66. The molecule has 1 aliphatic heterocycles. The minimum atomic E-state index is -4.73. The molecule has 0 bridgehead atoms. The molecule has 0 saturated carbocycles. The zero-order chi connectivity index (χ0) is 23.3. The lowest BCUT2D eigenvalue weighted by Gasteiger charge is -2.31. The first-order valence-corrected chi connectivity index (χ1v) is 13.7. The van der Waals surface area contributed by atoms with Gasteiger partial charge in [-0.2, -0.15) is 0 Å². The zero-order valence-corrected chi connectivity index (χ0v) is 20.0. The van der Waals surface area contributed by atoms with Crippen molar-refractivity contribution in [2.45, 2.75) is 89.6 Å². The second kappa shape index (κ2) is 15.1. The minimum absolute atomic E-state index is 0.0475. The van der Waals surface area contributed by atoms with Gasteiger partial charge < -0.3 is 42.8 Å². The van der Waals surface area contributed by atoms with Crippen LogP contribution in [0.2, 0.25) is 0 Å². The van der Waals surface area contributed by atoms with Gasteiger partial charge in [-0.05, 0) is 26.7 Å². The highest BCUT2D eigenvalue weighted by Gasteiger charge is 2.40. The Morgan fingerprint density at radius 3 is 2.13 bits per heavy atom. The predicted molar refractivity (Wildman–Crippen MR) is 108 cm³/mol. The fourth-order valence-corrected chi connectivity index (χ4v) is 4.92. The quantitative estimate of drug-likeness (QED) is 0.212. The number of ether oxygens (including phenoxy) is 1. The number of unbranched alkanes of at least 4 members (excludes halogenated alkanes) is 7. The molecule has 0 spiro atoms. The van der Waals surface area contributed by atoms with E-state index in [2.05, 4.69) is 4.52 Å². The lowest BCUT2D eigenvalue weighted by molar-refractivity contribution is -0.236. The van der Waals surface area contributed by atoms with Crippen molar-refractivity contribution in [1.82, 2.24) is 0 Å². The predicted octanol–water partition coefficient (Wildman–Crippen LogP) is 1.64. The van der Waals surface area contributed by atoms with Crippen molar-refractivity contribution in [3.63, 3.8) is 0 Å². The molecular weight excluding hydrogens is 454 g/mol. The van der Waals surface area contributed by atoms with Gasteiger partial charge in [0.1, 0.15) is 18.3 Å². The third kappa shape index (κ3) is 13.4. The second-order valence-electron chi connectivity index (χ2n) is 7.74. The number of aliphatic hydroxyl groups is 2. The maximum Gasteiger partial charge on any atom is 0.268 e. The number of phosphoric ester groups is 2. The van der Waals surface area contributed by atoms with Crippen molar-refractivity contribution in [2.24, 2.45) is 0 Å². The van der Waals surface area contributed by atoms with Gasteiger partial charge in [0.2, 0.25) is 0 Å². The first-order chi connectivity index (χ1) is 14.6. The molecular formula is C18H36O11P2-2. The maximum absolute atomic E-state index is 12.1. The van der Waals surface area contributed by atoms with E-state index in [0.717, 1.165) is 44.9 Å². The van der Waals surface area contributed by atoms with E-state index in [1.807, 2.05) is 0 Å². The molecule has 13 heteroatoms. The Bertz CT molecular complexity index is 575. The van der Waals surface area contributed by atoms with Gasteiger partial charge in [-0.1, -0.05) is 38.5 Å². The lowest BCUT2D eigenvalue weighted by Crippen LogP contribution is -2.37. The van der Waals surface area contributed by atoms with Gasteiger partial charge in [-0.15, -0.1) is 0 Å². The van der Waals surface area contributed by atoms with Crippen LogP contribution >= 0.6 is 15.6 Å². The summed E-state index contributed by atoms with van der Waals surface area (Å²) in [5.74, 6) is 0. The van der Waals surface area contributed by atoms with E-state index in [-0.39, 0.29) is 19.8 Å². The molecule has 0 aromatic carbocycles. The molecule has 11 nitrogen and oxygen atoms in total. The molecule has 186 valence electrons. The van der Waals surface area contributed by atoms with Crippen molar-refractivity contribution in [1.29, 1.82) is 0 Å². The molecule has 2 unspecified atom stereocenters. The largest absolute Gasteiger partial charge is 0.756 e. The van der Waals surface area contributed by atoms with Crippen molar-refractivity contribution in [2.75, 3.05) is 26.4 Å². The molecule has 0 aromatic rings. The molecule has 1 aliphatic rings. The van der Waals surface area contributed by atoms with Crippen LogP contribution in [0.15, 0.2) is 0 Å². The van der Waals surface area contributed by atoms with Crippen LogP contribution in [0.25, 0.3) is 0 Å². The maximum atomic E-state index is 12.1. The molecule has 0 radical (unpaired) electrons. The van der Waals surface area contributed by atoms with E-state index < -0.39 is 46.7 Å². The highest BCUT2D eigenvalue weighted by Crippen LogP contribution is 2.44.